The fraction of sp³-hybridized carbons (Fsp3) is 0.100. The highest BCUT2D eigenvalue weighted by molar-refractivity contribution is 7.99. The maximum Gasteiger partial charge on any atom is 0.236 e. The molecule has 0 aliphatic carbocycles. The van der Waals surface area contributed by atoms with E-state index in [0.29, 0.717) is 16.8 Å². The molecular formula is C20H18N6OS2. The normalized spacial score (nSPS) is 10.6. The van der Waals surface area contributed by atoms with Gasteiger partial charge in [-0.05, 0) is 24.3 Å². The molecule has 0 fully saturated rings. The van der Waals surface area contributed by atoms with Crippen LogP contribution in [0, 0.1) is 0 Å². The molecule has 2 aromatic carbocycles. The van der Waals surface area contributed by atoms with Crippen molar-refractivity contribution in [2.75, 3.05) is 16.4 Å². The van der Waals surface area contributed by atoms with E-state index < -0.39 is 0 Å². The number of carbonyl (C=O) groups excluding carboxylic acids is 1. The number of amides is 1. The summed E-state index contributed by atoms with van der Waals surface area (Å²) in [6, 6.07) is 19.8. The molecule has 4 aromatic rings. The lowest BCUT2D eigenvalue weighted by Crippen LogP contribution is -2.14. The monoisotopic (exact) mass is 422 g/mol. The van der Waals surface area contributed by atoms with Crippen LogP contribution in [-0.2, 0) is 11.3 Å². The van der Waals surface area contributed by atoms with Gasteiger partial charge in [-0.3, -0.25) is 9.36 Å². The van der Waals surface area contributed by atoms with Gasteiger partial charge in [0.2, 0.25) is 5.91 Å². The van der Waals surface area contributed by atoms with Crippen LogP contribution in [0.3, 0.4) is 0 Å². The average molecular weight is 423 g/mol. The molecule has 0 spiro atoms. The maximum absolute atomic E-state index is 12.2. The van der Waals surface area contributed by atoms with E-state index in [1.54, 1.807) is 6.20 Å². The van der Waals surface area contributed by atoms with E-state index in [9.17, 15) is 4.79 Å². The maximum atomic E-state index is 12.2. The van der Waals surface area contributed by atoms with E-state index in [1.807, 2.05) is 70.6 Å². The Morgan fingerprint density at radius 1 is 1.03 bits per heavy atom. The average Bonchev–Trinajstić information content (AvgIpc) is 3.42. The molecule has 0 aliphatic rings. The summed E-state index contributed by atoms with van der Waals surface area (Å²) in [6.07, 6.45) is 1.66. The number of benzene rings is 2. The number of carbonyl (C=O) groups is 1. The van der Waals surface area contributed by atoms with Crippen molar-refractivity contribution in [2.45, 2.75) is 11.7 Å². The molecule has 146 valence electrons. The number of nitrogens with one attached hydrogen (secondary N) is 2. The zero-order valence-electron chi connectivity index (χ0n) is 15.4. The summed E-state index contributed by atoms with van der Waals surface area (Å²) >= 11 is 2.73. The van der Waals surface area contributed by atoms with Gasteiger partial charge in [0.1, 0.15) is 0 Å². The third kappa shape index (κ3) is 5.01. The van der Waals surface area contributed by atoms with Crippen LogP contribution in [0.25, 0.3) is 5.69 Å². The number of hydrogen-bond donors (Lipinski definition) is 2. The van der Waals surface area contributed by atoms with Crippen LogP contribution in [-0.4, -0.2) is 31.4 Å². The van der Waals surface area contributed by atoms with Crippen molar-refractivity contribution >= 4 is 39.8 Å². The predicted molar refractivity (Wildman–Crippen MR) is 117 cm³/mol. The molecule has 0 bridgehead atoms. The standard InChI is InChI=1S/C20H18N6OS2/c27-18(23-19-21-11-12-28-19)14-29-20-25-24-17(13-22-15-7-3-1-4-8-15)26(20)16-9-5-2-6-10-16/h1-12,22H,13-14H2,(H,21,23,27). The summed E-state index contributed by atoms with van der Waals surface area (Å²) < 4.78 is 1.97. The Kier molecular flexibility index (Phi) is 6.18. The fourth-order valence-electron chi connectivity index (χ4n) is 2.65. The highest BCUT2D eigenvalue weighted by atomic mass is 32.2. The van der Waals surface area contributed by atoms with Gasteiger partial charge < -0.3 is 10.6 Å². The van der Waals surface area contributed by atoms with Crippen LogP contribution in [0.1, 0.15) is 5.82 Å². The number of nitrogens with zero attached hydrogens (tertiary/aromatic N) is 4. The lowest BCUT2D eigenvalue weighted by Gasteiger charge is -2.11. The lowest BCUT2D eigenvalue weighted by atomic mass is 10.3. The number of para-hydroxylation sites is 2. The van der Waals surface area contributed by atoms with Crippen LogP contribution in [0.5, 0.6) is 0 Å². The van der Waals surface area contributed by atoms with Gasteiger partial charge in [-0.15, -0.1) is 21.5 Å². The molecule has 2 heterocycles. The number of aromatic nitrogens is 4. The molecule has 2 aromatic heterocycles. The Bertz CT molecular complexity index is 1050. The van der Waals surface area contributed by atoms with E-state index in [1.165, 1.54) is 23.1 Å². The van der Waals surface area contributed by atoms with Crippen LogP contribution < -0.4 is 10.6 Å². The van der Waals surface area contributed by atoms with E-state index in [-0.39, 0.29) is 11.7 Å². The number of thioether (sulfide) groups is 1. The van der Waals surface area contributed by atoms with Gasteiger partial charge in [-0.25, -0.2) is 4.98 Å². The number of hydrogen-bond acceptors (Lipinski definition) is 7. The topological polar surface area (TPSA) is 84.7 Å². The van der Waals surface area contributed by atoms with Gasteiger partial charge in [0, 0.05) is 23.0 Å². The zero-order valence-corrected chi connectivity index (χ0v) is 17.0. The van der Waals surface area contributed by atoms with Gasteiger partial charge in [-0.2, -0.15) is 0 Å². The molecule has 0 saturated carbocycles. The molecule has 2 N–H and O–H groups in total. The van der Waals surface area contributed by atoms with Gasteiger partial charge >= 0.3 is 0 Å². The SMILES string of the molecule is O=C(CSc1nnc(CNc2ccccc2)n1-c1ccccc1)Nc1nccs1. The molecule has 0 aliphatic heterocycles. The minimum Gasteiger partial charge on any atom is -0.378 e. The third-order valence-corrected chi connectivity index (χ3v) is 5.57. The number of rotatable bonds is 8. The molecular weight excluding hydrogens is 404 g/mol. The van der Waals surface area contributed by atoms with E-state index >= 15 is 0 Å². The first kappa shape index (κ1) is 19.2. The van der Waals surface area contributed by atoms with Crippen molar-refractivity contribution in [1.82, 2.24) is 19.7 Å². The van der Waals surface area contributed by atoms with E-state index in [2.05, 4.69) is 25.8 Å². The van der Waals surface area contributed by atoms with Gasteiger partial charge in [-0.1, -0.05) is 48.2 Å². The molecule has 4 rings (SSSR count). The first-order valence-corrected chi connectivity index (χ1v) is 10.8. The van der Waals surface area contributed by atoms with Gasteiger partial charge in [0.05, 0.1) is 12.3 Å². The Morgan fingerprint density at radius 3 is 2.52 bits per heavy atom. The van der Waals surface area contributed by atoms with Crippen LogP contribution in [0.2, 0.25) is 0 Å². The molecule has 0 radical (unpaired) electrons. The highest BCUT2D eigenvalue weighted by Gasteiger charge is 2.16. The summed E-state index contributed by atoms with van der Waals surface area (Å²) in [5.74, 6) is 0.857. The Hall–Kier alpha value is -3.17. The van der Waals surface area contributed by atoms with Crippen molar-refractivity contribution in [2.24, 2.45) is 0 Å². The van der Waals surface area contributed by atoms with Crippen molar-refractivity contribution in [1.29, 1.82) is 0 Å². The highest BCUT2D eigenvalue weighted by Crippen LogP contribution is 2.23. The summed E-state index contributed by atoms with van der Waals surface area (Å²) in [4.78, 5) is 16.3. The zero-order chi connectivity index (χ0) is 19.9. The molecule has 1 amide bonds. The van der Waals surface area contributed by atoms with Gasteiger partial charge in [0.15, 0.2) is 16.1 Å². The van der Waals surface area contributed by atoms with Crippen molar-refractivity contribution in [3.8, 4) is 5.69 Å². The van der Waals surface area contributed by atoms with Crippen molar-refractivity contribution in [3.63, 3.8) is 0 Å². The van der Waals surface area contributed by atoms with Gasteiger partial charge in [0.25, 0.3) is 0 Å². The smallest absolute Gasteiger partial charge is 0.236 e. The Morgan fingerprint density at radius 2 is 1.79 bits per heavy atom. The largest absolute Gasteiger partial charge is 0.378 e. The summed E-state index contributed by atoms with van der Waals surface area (Å²) in [5, 5.41) is 17.9. The molecule has 29 heavy (non-hydrogen) atoms. The summed E-state index contributed by atoms with van der Waals surface area (Å²) in [5.41, 5.74) is 1.96. The molecule has 7 nitrogen and oxygen atoms in total. The van der Waals surface area contributed by atoms with Crippen LogP contribution in [0.15, 0.2) is 77.4 Å². The van der Waals surface area contributed by atoms with E-state index in [4.69, 9.17) is 0 Å². The summed E-state index contributed by atoms with van der Waals surface area (Å²) in [7, 11) is 0. The second-order valence-electron chi connectivity index (χ2n) is 5.96. The number of thiazole rings is 1. The third-order valence-electron chi connectivity index (χ3n) is 3.95. The minimum atomic E-state index is -0.128. The van der Waals surface area contributed by atoms with Crippen molar-refractivity contribution < 1.29 is 4.79 Å². The molecule has 0 unspecified atom stereocenters. The summed E-state index contributed by atoms with van der Waals surface area (Å²) in [6.45, 7) is 0.512. The van der Waals surface area contributed by atoms with Crippen molar-refractivity contribution in [3.05, 3.63) is 78.1 Å². The van der Waals surface area contributed by atoms with E-state index in [0.717, 1.165) is 17.2 Å². The fourth-order valence-corrected chi connectivity index (χ4v) is 3.97. The van der Waals surface area contributed by atoms with Crippen LogP contribution >= 0.6 is 23.1 Å². The first-order chi connectivity index (χ1) is 14.3. The second kappa shape index (κ2) is 9.35. The number of anilines is 2. The van der Waals surface area contributed by atoms with Crippen LogP contribution in [0.4, 0.5) is 10.8 Å². The second-order valence-corrected chi connectivity index (χ2v) is 7.80. The minimum absolute atomic E-state index is 0.128. The molecule has 0 saturated heterocycles. The lowest BCUT2D eigenvalue weighted by molar-refractivity contribution is -0.113. The Labute approximate surface area is 176 Å². The molecule has 9 heteroatoms. The first-order valence-electron chi connectivity index (χ1n) is 8.90. The quantitative estimate of drug-likeness (QED) is 0.417. The predicted octanol–water partition coefficient (Wildman–Crippen LogP) is 4.07. The molecule has 0 atom stereocenters. The Balaban J connectivity index is 1.50.